The molecule has 0 aromatic heterocycles. The average molecular weight is 287 g/mol. The van der Waals surface area contributed by atoms with Crippen LogP contribution in [-0.4, -0.2) is 29.4 Å². The number of carbonyl (C=O) groups is 1. The molecule has 4 nitrogen and oxygen atoms in total. The highest BCUT2D eigenvalue weighted by Gasteiger charge is 2.20. The van der Waals surface area contributed by atoms with Gasteiger partial charge < -0.3 is 15.2 Å². The van der Waals surface area contributed by atoms with Crippen molar-refractivity contribution in [2.45, 2.75) is 38.8 Å². The highest BCUT2D eigenvalue weighted by atomic mass is 19.1. The number of alkyl carbamates (subject to hydrolysis) is 1. The molecule has 1 aromatic rings. The minimum Gasteiger partial charge on any atom is -0.444 e. The van der Waals surface area contributed by atoms with Gasteiger partial charge in [-0.05, 0) is 38.8 Å². The summed E-state index contributed by atoms with van der Waals surface area (Å²) in [6.45, 7) is 4.75. The van der Waals surface area contributed by atoms with E-state index in [-0.39, 0.29) is 18.6 Å². The Kier molecular flexibility index (Phi) is 5.44. The lowest BCUT2D eigenvalue weighted by Crippen LogP contribution is -2.42. The van der Waals surface area contributed by atoms with Crippen molar-refractivity contribution in [2.24, 2.45) is 0 Å². The van der Waals surface area contributed by atoms with Gasteiger partial charge in [-0.1, -0.05) is 6.07 Å². The van der Waals surface area contributed by atoms with E-state index in [1.165, 1.54) is 6.07 Å². The number of hydrogen-bond acceptors (Lipinski definition) is 3. The highest BCUT2D eigenvalue weighted by Crippen LogP contribution is 2.12. The fourth-order valence-corrected chi connectivity index (χ4v) is 1.59. The van der Waals surface area contributed by atoms with E-state index in [1.807, 2.05) is 0 Å². The van der Waals surface area contributed by atoms with Crippen LogP contribution in [-0.2, 0) is 11.2 Å². The molecule has 0 heterocycles. The molecule has 0 radical (unpaired) electrons. The highest BCUT2D eigenvalue weighted by molar-refractivity contribution is 5.68. The zero-order valence-corrected chi connectivity index (χ0v) is 11.7. The molecule has 1 amide bonds. The van der Waals surface area contributed by atoms with Crippen LogP contribution in [0.4, 0.5) is 13.6 Å². The van der Waals surface area contributed by atoms with E-state index >= 15 is 0 Å². The van der Waals surface area contributed by atoms with Gasteiger partial charge in [0.1, 0.15) is 17.2 Å². The lowest BCUT2D eigenvalue weighted by Gasteiger charge is -2.22. The molecule has 2 N–H and O–H groups in total. The van der Waals surface area contributed by atoms with E-state index in [0.717, 1.165) is 12.1 Å². The van der Waals surface area contributed by atoms with Gasteiger partial charge in [-0.3, -0.25) is 0 Å². The third-order valence-corrected chi connectivity index (χ3v) is 2.42. The third kappa shape index (κ3) is 5.52. The molecule has 20 heavy (non-hydrogen) atoms. The van der Waals surface area contributed by atoms with Crippen molar-refractivity contribution in [3.8, 4) is 0 Å². The zero-order chi connectivity index (χ0) is 15.3. The summed E-state index contributed by atoms with van der Waals surface area (Å²) in [7, 11) is 0. The molecule has 0 aliphatic heterocycles. The van der Waals surface area contributed by atoms with Crippen LogP contribution in [0.1, 0.15) is 26.3 Å². The molecule has 112 valence electrons. The van der Waals surface area contributed by atoms with Crippen LogP contribution >= 0.6 is 0 Å². The molecule has 0 saturated heterocycles. The second-order valence-electron chi connectivity index (χ2n) is 5.47. The number of aliphatic hydroxyl groups is 1. The first-order valence-corrected chi connectivity index (χ1v) is 6.25. The van der Waals surface area contributed by atoms with Crippen molar-refractivity contribution >= 4 is 6.09 Å². The Morgan fingerprint density at radius 2 is 2.05 bits per heavy atom. The Hall–Kier alpha value is -1.69. The quantitative estimate of drug-likeness (QED) is 0.894. The number of benzene rings is 1. The van der Waals surface area contributed by atoms with E-state index in [2.05, 4.69) is 5.32 Å². The number of hydrogen-bond donors (Lipinski definition) is 2. The second-order valence-corrected chi connectivity index (χ2v) is 5.47. The zero-order valence-electron chi connectivity index (χ0n) is 11.7. The Bertz CT molecular complexity index is 472. The predicted octanol–water partition coefficient (Wildman–Crippen LogP) is 2.39. The molecule has 0 aliphatic rings. The Morgan fingerprint density at radius 3 is 2.55 bits per heavy atom. The lowest BCUT2D eigenvalue weighted by molar-refractivity contribution is 0.0482. The maximum absolute atomic E-state index is 13.5. The third-order valence-electron chi connectivity index (χ3n) is 2.42. The smallest absolute Gasteiger partial charge is 0.407 e. The fourth-order valence-electron chi connectivity index (χ4n) is 1.59. The number of amides is 1. The second kappa shape index (κ2) is 6.65. The van der Waals surface area contributed by atoms with Crippen molar-refractivity contribution in [3.63, 3.8) is 0 Å². The first-order valence-electron chi connectivity index (χ1n) is 6.25. The number of aliphatic hydroxyl groups excluding tert-OH is 1. The molecular weight excluding hydrogens is 268 g/mol. The number of nitrogens with one attached hydrogen (secondary N) is 1. The summed E-state index contributed by atoms with van der Waals surface area (Å²) in [6.07, 6.45) is -0.652. The molecule has 0 spiro atoms. The van der Waals surface area contributed by atoms with Crippen LogP contribution in [0.5, 0.6) is 0 Å². The van der Waals surface area contributed by atoms with Crippen molar-refractivity contribution in [2.75, 3.05) is 6.61 Å². The normalized spacial score (nSPS) is 12.9. The van der Waals surface area contributed by atoms with E-state index in [9.17, 15) is 18.7 Å². The maximum Gasteiger partial charge on any atom is 0.407 e. The van der Waals surface area contributed by atoms with Crippen molar-refractivity contribution < 1.29 is 23.4 Å². The number of ether oxygens (including phenoxy) is 1. The van der Waals surface area contributed by atoms with Gasteiger partial charge in [0.2, 0.25) is 0 Å². The van der Waals surface area contributed by atoms with Gasteiger partial charge in [-0.15, -0.1) is 0 Å². The van der Waals surface area contributed by atoms with Gasteiger partial charge in [-0.25, -0.2) is 13.6 Å². The predicted molar refractivity (Wildman–Crippen MR) is 70.3 cm³/mol. The van der Waals surface area contributed by atoms with Crippen LogP contribution in [0.25, 0.3) is 0 Å². The van der Waals surface area contributed by atoms with E-state index in [4.69, 9.17) is 4.74 Å². The van der Waals surface area contributed by atoms with Crippen LogP contribution in [0.2, 0.25) is 0 Å². The fraction of sp³-hybridized carbons (Fsp3) is 0.500. The molecule has 0 aliphatic carbocycles. The van der Waals surface area contributed by atoms with Gasteiger partial charge in [0, 0.05) is 6.07 Å². The summed E-state index contributed by atoms with van der Waals surface area (Å²) in [4.78, 5) is 11.6. The summed E-state index contributed by atoms with van der Waals surface area (Å²) < 4.78 is 31.3. The molecule has 0 fully saturated rings. The van der Waals surface area contributed by atoms with E-state index in [1.54, 1.807) is 20.8 Å². The number of halogens is 2. The monoisotopic (exact) mass is 287 g/mol. The summed E-state index contributed by atoms with van der Waals surface area (Å²) >= 11 is 0. The SMILES string of the molecule is CC(C)(C)OC(=O)N[C@H](CO)Cc1ccc(F)cc1F. The molecule has 0 unspecified atom stereocenters. The molecule has 1 atom stereocenters. The molecule has 1 aromatic carbocycles. The molecular formula is C14H19F2NO3. The summed E-state index contributed by atoms with van der Waals surface area (Å²) in [6, 6.07) is 2.46. The number of rotatable bonds is 4. The van der Waals surface area contributed by atoms with Crippen LogP contribution in [0.15, 0.2) is 18.2 Å². The van der Waals surface area contributed by atoms with Crippen LogP contribution in [0.3, 0.4) is 0 Å². The number of carbonyl (C=O) groups excluding carboxylic acids is 1. The summed E-state index contributed by atoms with van der Waals surface area (Å²) in [5, 5.41) is 11.7. The largest absolute Gasteiger partial charge is 0.444 e. The van der Waals surface area contributed by atoms with Crippen LogP contribution < -0.4 is 5.32 Å². The molecule has 6 heteroatoms. The maximum atomic E-state index is 13.5. The Balaban J connectivity index is 2.65. The first-order chi connectivity index (χ1) is 9.21. The van der Waals surface area contributed by atoms with Gasteiger partial charge in [-0.2, -0.15) is 0 Å². The molecule has 0 saturated carbocycles. The summed E-state index contributed by atoms with van der Waals surface area (Å²) in [5.41, 5.74) is -0.452. The van der Waals surface area contributed by atoms with Gasteiger partial charge >= 0.3 is 6.09 Å². The average Bonchev–Trinajstić information content (AvgIpc) is 2.29. The van der Waals surface area contributed by atoms with E-state index < -0.39 is 29.4 Å². The summed E-state index contributed by atoms with van der Waals surface area (Å²) in [5.74, 6) is -1.39. The minimum absolute atomic E-state index is 0.0435. The van der Waals surface area contributed by atoms with Crippen molar-refractivity contribution in [1.29, 1.82) is 0 Å². The van der Waals surface area contributed by atoms with Crippen molar-refractivity contribution in [1.82, 2.24) is 5.32 Å². The Labute approximate surface area is 116 Å². The molecule has 1 rings (SSSR count). The minimum atomic E-state index is -0.713. The standard InChI is InChI=1S/C14H19F2NO3/c1-14(2,3)20-13(19)17-11(8-18)6-9-4-5-10(15)7-12(9)16/h4-5,7,11,18H,6,8H2,1-3H3,(H,17,19)/t11-/m0/s1. The van der Waals surface area contributed by atoms with Gasteiger partial charge in [0.05, 0.1) is 12.6 Å². The molecule has 0 bridgehead atoms. The van der Waals surface area contributed by atoms with E-state index in [0.29, 0.717) is 0 Å². The van der Waals surface area contributed by atoms with Crippen molar-refractivity contribution in [3.05, 3.63) is 35.4 Å². The lowest BCUT2D eigenvalue weighted by atomic mass is 10.1. The topological polar surface area (TPSA) is 58.6 Å². The van der Waals surface area contributed by atoms with Gasteiger partial charge in [0.25, 0.3) is 0 Å². The van der Waals surface area contributed by atoms with Crippen LogP contribution in [0, 0.1) is 11.6 Å². The van der Waals surface area contributed by atoms with Gasteiger partial charge in [0.15, 0.2) is 0 Å². The Morgan fingerprint density at radius 1 is 1.40 bits per heavy atom. The first kappa shape index (κ1) is 16.4.